The summed E-state index contributed by atoms with van der Waals surface area (Å²) in [6.45, 7) is -0.923. The molecule has 3 nitrogen and oxygen atoms in total. The average Bonchev–Trinajstić information content (AvgIpc) is 2.25. The van der Waals surface area contributed by atoms with Crippen LogP contribution in [0, 0.1) is 0 Å². The van der Waals surface area contributed by atoms with Gasteiger partial charge in [0.05, 0.1) is 6.61 Å². The summed E-state index contributed by atoms with van der Waals surface area (Å²) in [6, 6.07) is 0. The molecule has 0 heterocycles. The maximum Gasteiger partial charge on any atom is 0.508 e. The molecule has 10 heteroatoms. The van der Waals surface area contributed by atoms with Gasteiger partial charge < -0.3 is 9.47 Å². The van der Waals surface area contributed by atoms with Crippen molar-refractivity contribution in [3.8, 4) is 0 Å². The molecule has 0 radical (unpaired) electrons. The minimum atomic E-state index is -6.45. The largest absolute Gasteiger partial charge is 0.508 e. The highest BCUT2D eigenvalue weighted by atomic mass is 19.4. The number of alkyl halides is 7. The maximum absolute atomic E-state index is 12.6. The minimum Gasteiger partial charge on any atom is -0.434 e. The molecule has 0 atom stereocenters. The predicted octanol–water partition coefficient (Wildman–Crippen LogP) is 3.77. The van der Waals surface area contributed by atoms with E-state index in [-0.39, 0.29) is 6.61 Å². The fourth-order valence-electron chi connectivity index (χ4n) is 0.789. The Morgan fingerprint density at radius 3 is 1.95 bits per heavy atom. The molecular formula is C9H11F7O3. The lowest BCUT2D eigenvalue weighted by atomic mass is 10.2. The first-order valence-corrected chi connectivity index (χ1v) is 5.07. The number of halogens is 7. The van der Waals surface area contributed by atoms with Crippen LogP contribution in [0.15, 0.2) is 0 Å². The number of hydrogen-bond donors (Lipinski definition) is 0. The van der Waals surface area contributed by atoms with Crippen LogP contribution in [0.4, 0.5) is 35.5 Å². The Morgan fingerprint density at radius 2 is 1.53 bits per heavy atom. The van der Waals surface area contributed by atoms with Gasteiger partial charge in [0.2, 0.25) is 0 Å². The lowest BCUT2D eigenvalue weighted by Gasteiger charge is -2.27. The standard InChI is InChI=1S/C9H11F7O3/c1-2-3-4-18-6(17)19-5-7(10,11)8(12,13)9(14,15)16/h2-5H2,1H3. The van der Waals surface area contributed by atoms with E-state index in [0.29, 0.717) is 12.8 Å². The third-order valence-corrected chi connectivity index (χ3v) is 1.90. The third-order valence-electron chi connectivity index (χ3n) is 1.90. The second-order valence-corrected chi connectivity index (χ2v) is 3.52. The lowest BCUT2D eigenvalue weighted by molar-refractivity contribution is -0.359. The van der Waals surface area contributed by atoms with Gasteiger partial charge >= 0.3 is 24.2 Å². The van der Waals surface area contributed by atoms with Gasteiger partial charge in [0.25, 0.3) is 0 Å². The topological polar surface area (TPSA) is 35.5 Å². The number of carbonyl (C=O) groups is 1. The zero-order chi connectivity index (χ0) is 15.3. The summed E-state index contributed by atoms with van der Waals surface area (Å²) in [5.41, 5.74) is 0. The quantitative estimate of drug-likeness (QED) is 0.425. The van der Waals surface area contributed by atoms with Crippen LogP contribution < -0.4 is 0 Å². The van der Waals surface area contributed by atoms with E-state index in [1.165, 1.54) is 0 Å². The maximum atomic E-state index is 12.6. The summed E-state index contributed by atoms with van der Waals surface area (Å²) in [5.74, 6) is -11.9. The number of hydrogen-bond acceptors (Lipinski definition) is 3. The van der Waals surface area contributed by atoms with Gasteiger partial charge in [-0.2, -0.15) is 30.7 Å². The molecule has 0 aliphatic carbocycles. The highest BCUT2D eigenvalue weighted by Crippen LogP contribution is 2.46. The number of ether oxygens (including phenoxy) is 2. The summed E-state index contributed by atoms with van der Waals surface area (Å²) in [4.78, 5) is 10.6. The molecule has 0 aromatic rings. The molecule has 0 spiro atoms. The predicted molar refractivity (Wildman–Crippen MR) is 48.2 cm³/mol. The molecule has 0 aliphatic heterocycles. The van der Waals surface area contributed by atoms with E-state index in [0.717, 1.165) is 0 Å². The van der Waals surface area contributed by atoms with Crippen molar-refractivity contribution in [3.63, 3.8) is 0 Å². The van der Waals surface area contributed by atoms with Crippen molar-refractivity contribution in [2.24, 2.45) is 0 Å². The van der Waals surface area contributed by atoms with Crippen molar-refractivity contribution >= 4 is 6.16 Å². The molecule has 19 heavy (non-hydrogen) atoms. The Kier molecular flexibility index (Phi) is 5.88. The van der Waals surface area contributed by atoms with Crippen molar-refractivity contribution in [2.45, 2.75) is 37.8 Å². The molecule has 0 saturated carbocycles. The Balaban J connectivity index is 4.42. The van der Waals surface area contributed by atoms with Crippen molar-refractivity contribution in [1.82, 2.24) is 0 Å². The first-order valence-electron chi connectivity index (χ1n) is 5.07. The van der Waals surface area contributed by atoms with Gasteiger partial charge in [0, 0.05) is 0 Å². The monoisotopic (exact) mass is 300 g/mol. The Bertz CT molecular complexity index is 301. The number of carbonyl (C=O) groups excluding carboxylic acids is 1. The Hall–Kier alpha value is -1.22. The van der Waals surface area contributed by atoms with E-state index in [9.17, 15) is 35.5 Å². The van der Waals surface area contributed by atoms with E-state index < -0.39 is 30.8 Å². The fourth-order valence-corrected chi connectivity index (χ4v) is 0.789. The molecule has 0 amide bonds. The summed E-state index contributed by atoms with van der Waals surface area (Å²) in [7, 11) is 0. The van der Waals surface area contributed by atoms with Crippen LogP contribution in [-0.2, 0) is 9.47 Å². The van der Waals surface area contributed by atoms with Gasteiger partial charge in [0.1, 0.15) is 0 Å². The average molecular weight is 300 g/mol. The number of unbranched alkanes of at least 4 members (excludes halogenated alkanes) is 1. The molecule has 0 aromatic carbocycles. The van der Waals surface area contributed by atoms with Gasteiger partial charge in [-0.1, -0.05) is 13.3 Å². The molecule has 114 valence electrons. The van der Waals surface area contributed by atoms with Crippen LogP contribution in [0.5, 0.6) is 0 Å². The van der Waals surface area contributed by atoms with Crippen molar-refractivity contribution < 1.29 is 45.0 Å². The summed E-state index contributed by atoms with van der Waals surface area (Å²) in [6.07, 6.45) is -7.22. The van der Waals surface area contributed by atoms with Gasteiger partial charge in [-0.05, 0) is 6.42 Å². The highest BCUT2D eigenvalue weighted by molar-refractivity contribution is 5.59. The zero-order valence-corrected chi connectivity index (χ0v) is 9.70. The van der Waals surface area contributed by atoms with Gasteiger partial charge in [0.15, 0.2) is 6.61 Å². The third kappa shape index (κ3) is 4.75. The summed E-state index contributed by atoms with van der Waals surface area (Å²) >= 11 is 0. The fraction of sp³-hybridized carbons (Fsp3) is 0.889. The molecule has 0 fully saturated rings. The molecule has 0 saturated heterocycles. The molecule has 0 N–H and O–H groups in total. The molecule has 0 aromatic heterocycles. The van der Waals surface area contributed by atoms with E-state index >= 15 is 0 Å². The van der Waals surface area contributed by atoms with Crippen LogP contribution in [0.25, 0.3) is 0 Å². The smallest absolute Gasteiger partial charge is 0.434 e. The van der Waals surface area contributed by atoms with Crippen LogP contribution in [0.2, 0.25) is 0 Å². The van der Waals surface area contributed by atoms with Crippen molar-refractivity contribution in [2.75, 3.05) is 13.2 Å². The lowest BCUT2D eigenvalue weighted by Crippen LogP contribution is -2.54. The second kappa shape index (κ2) is 6.29. The molecule has 0 bridgehead atoms. The Labute approximate surface area is 103 Å². The molecule has 0 unspecified atom stereocenters. The van der Waals surface area contributed by atoms with Gasteiger partial charge in [-0.3, -0.25) is 0 Å². The Morgan fingerprint density at radius 1 is 1.00 bits per heavy atom. The second-order valence-electron chi connectivity index (χ2n) is 3.52. The van der Waals surface area contributed by atoms with E-state index in [1.54, 1.807) is 6.92 Å². The minimum absolute atomic E-state index is 0.212. The van der Waals surface area contributed by atoms with E-state index in [1.807, 2.05) is 0 Å². The summed E-state index contributed by atoms with van der Waals surface area (Å²) < 4.78 is 92.8. The molecule has 0 rings (SSSR count). The van der Waals surface area contributed by atoms with Gasteiger partial charge in [-0.25, -0.2) is 4.79 Å². The van der Waals surface area contributed by atoms with Crippen LogP contribution in [-0.4, -0.2) is 37.4 Å². The van der Waals surface area contributed by atoms with E-state index in [4.69, 9.17) is 0 Å². The highest BCUT2D eigenvalue weighted by Gasteiger charge is 2.73. The SMILES string of the molecule is CCCCOC(=O)OCC(F)(F)C(F)(F)C(F)(F)F. The molecule has 0 aliphatic rings. The first-order chi connectivity index (χ1) is 8.45. The van der Waals surface area contributed by atoms with Crippen LogP contribution in [0.3, 0.4) is 0 Å². The van der Waals surface area contributed by atoms with E-state index in [2.05, 4.69) is 9.47 Å². The van der Waals surface area contributed by atoms with Gasteiger partial charge in [-0.15, -0.1) is 0 Å². The van der Waals surface area contributed by atoms with Crippen molar-refractivity contribution in [1.29, 1.82) is 0 Å². The molecular weight excluding hydrogens is 289 g/mol. The van der Waals surface area contributed by atoms with Crippen molar-refractivity contribution in [3.05, 3.63) is 0 Å². The number of rotatable bonds is 6. The normalized spacial score (nSPS) is 13.3. The van der Waals surface area contributed by atoms with Crippen LogP contribution in [0.1, 0.15) is 19.8 Å². The summed E-state index contributed by atoms with van der Waals surface area (Å²) in [5, 5.41) is 0. The zero-order valence-electron chi connectivity index (χ0n) is 9.70. The first kappa shape index (κ1) is 17.8. The van der Waals surface area contributed by atoms with Crippen LogP contribution >= 0.6 is 0 Å².